The quantitative estimate of drug-likeness (QED) is 0.130. The molecular weight excluding hydrogens is 550 g/mol. The molecule has 2 heterocycles. The number of thioether (sulfide) groups is 1. The van der Waals surface area contributed by atoms with Crippen LogP contribution in [-0.2, 0) is 11.2 Å². The third kappa shape index (κ3) is 8.92. The number of carbonyl (C=O) groups is 1. The van der Waals surface area contributed by atoms with Gasteiger partial charge in [-0.05, 0) is 23.1 Å². The van der Waals surface area contributed by atoms with Gasteiger partial charge in [-0.25, -0.2) is 9.97 Å². The molecule has 6 nitrogen and oxygen atoms in total. The third-order valence-corrected chi connectivity index (χ3v) is 8.02. The maximum Gasteiger partial charge on any atom is 0.230 e. The van der Waals surface area contributed by atoms with Gasteiger partial charge in [-0.1, -0.05) is 127 Å². The summed E-state index contributed by atoms with van der Waals surface area (Å²) in [5, 5.41) is 4.10. The average Bonchev–Trinajstić information content (AvgIpc) is 3.01. The Kier molecular flexibility index (Phi) is 10.4. The van der Waals surface area contributed by atoms with Gasteiger partial charge in [0.1, 0.15) is 11.0 Å². The van der Waals surface area contributed by atoms with Crippen LogP contribution in [0.5, 0.6) is 0 Å². The largest absolute Gasteiger partial charge is 0.354 e. The summed E-state index contributed by atoms with van der Waals surface area (Å²) in [6.07, 6.45) is 5.10. The number of aromatic nitrogens is 2. The van der Waals surface area contributed by atoms with E-state index in [2.05, 4.69) is 68.7 Å². The van der Waals surface area contributed by atoms with Crippen LogP contribution in [0, 0.1) is 0 Å². The Morgan fingerprint density at radius 1 is 0.902 bits per heavy atom. The topological polar surface area (TPSA) is 61.4 Å². The number of amides is 1. The van der Waals surface area contributed by atoms with Crippen LogP contribution < -0.4 is 10.2 Å². The Morgan fingerprint density at radius 2 is 1.56 bits per heavy atom. The first-order chi connectivity index (χ1) is 20.1. The highest BCUT2D eigenvalue weighted by molar-refractivity contribution is 7.99. The minimum atomic E-state index is -0.124. The summed E-state index contributed by atoms with van der Waals surface area (Å²) in [5.41, 5.74) is 3.46. The van der Waals surface area contributed by atoms with Gasteiger partial charge in [0.15, 0.2) is 5.16 Å². The van der Waals surface area contributed by atoms with Crippen molar-refractivity contribution in [2.75, 3.05) is 43.4 Å². The summed E-state index contributed by atoms with van der Waals surface area (Å²) in [4.78, 5) is 26.8. The molecule has 1 aromatic heterocycles. The Bertz CT molecular complexity index is 1410. The molecule has 4 aromatic rings. The van der Waals surface area contributed by atoms with Crippen LogP contribution in [-0.4, -0.2) is 59.3 Å². The number of hydrogen-bond acceptors (Lipinski definition) is 6. The lowest BCUT2D eigenvalue weighted by molar-refractivity contribution is -0.119. The number of benzene rings is 3. The molecule has 1 unspecified atom stereocenters. The van der Waals surface area contributed by atoms with E-state index in [1.165, 1.54) is 22.9 Å². The fourth-order valence-corrected chi connectivity index (χ4v) is 5.72. The van der Waals surface area contributed by atoms with Crippen LogP contribution in [0.4, 0.5) is 5.82 Å². The van der Waals surface area contributed by atoms with Crippen LogP contribution in [0.15, 0.2) is 108 Å². The van der Waals surface area contributed by atoms with Gasteiger partial charge in [0, 0.05) is 38.8 Å². The van der Waals surface area contributed by atoms with Gasteiger partial charge in [-0.2, -0.15) is 0 Å². The highest BCUT2D eigenvalue weighted by atomic mass is 35.5. The second kappa shape index (κ2) is 14.8. The molecule has 1 N–H and O–H groups in total. The van der Waals surface area contributed by atoms with Gasteiger partial charge in [0.25, 0.3) is 0 Å². The first-order valence-corrected chi connectivity index (χ1v) is 15.2. The van der Waals surface area contributed by atoms with E-state index in [-0.39, 0.29) is 17.7 Å². The number of nitrogens with zero attached hydrogens (tertiary/aromatic N) is 4. The predicted octanol–water partition coefficient (Wildman–Crippen LogP) is 6.16. The van der Waals surface area contributed by atoms with E-state index in [0.717, 1.165) is 44.1 Å². The molecule has 1 fully saturated rings. The minimum Gasteiger partial charge on any atom is -0.354 e. The molecule has 1 aliphatic heterocycles. The molecule has 1 amide bonds. The van der Waals surface area contributed by atoms with Gasteiger partial charge >= 0.3 is 0 Å². The van der Waals surface area contributed by atoms with Crippen LogP contribution in [0.2, 0.25) is 5.15 Å². The molecule has 210 valence electrons. The first-order valence-electron chi connectivity index (χ1n) is 13.9. The molecule has 0 radical (unpaired) electrons. The fraction of sp³-hybridized carbons (Fsp3) is 0.242. The summed E-state index contributed by atoms with van der Waals surface area (Å²) in [6.45, 7) is 4.50. The van der Waals surface area contributed by atoms with Gasteiger partial charge < -0.3 is 10.2 Å². The standard InChI is InChI=1S/C33H34ClN5OS/c34-30-24-31(39-21-19-38(20-22-39)18-10-15-26-11-4-1-5-12-26)37-33(36-30)41-25-32(40)35-29(28-16-8-3-9-17-28)23-27-13-6-2-7-14-27/h1-17,24,29H,18-23,25H2,(H,35,40). The SMILES string of the molecule is O=C(CSc1nc(Cl)cc(N2CCN(CC=Cc3ccccc3)CC2)n1)NC(Cc1ccccc1)c1ccccc1. The van der Waals surface area contributed by atoms with Crippen molar-refractivity contribution in [3.05, 3.63) is 125 Å². The maximum atomic E-state index is 13.0. The summed E-state index contributed by atoms with van der Waals surface area (Å²) >= 11 is 7.69. The van der Waals surface area contributed by atoms with E-state index in [1.54, 1.807) is 0 Å². The van der Waals surface area contributed by atoms with E-state index in [1.807, 2.05) is 60.7 Å². The van der Waals surface area contributed by atoms with Gasteiger partial charge in [-0.3, -0.25) is 9.69 Å². The Labute approximate surface area is 251 Å². The van der Waals surface area contributed by atoms with Crippen LogP contribution >= 0.6 is 23.4 Å². The first kappa shape index (κ1) is 28.9. The van der Waals surface area contributed by atoms with Crippen molar-refractivity contribution in [3.8, 4) is 0 Å². The zero-order valence-electron chi connectivity index (χ0n) is 22.9. The van der Waals surface area contributed by atoms with Crippen molar-refractivity contribution >= 4 is 41.2 Å². The number of piperazine rings is 1. The zero-order valence-corrected chi connectivity index (χ0v) is 24.5. The van der Waals surface area contributed by atoms with Crippen molar-refractivity contribution in [3.63, 3.8) is 0 Å². The minimum absolute atomic E-state index is 0.0675. The third-order valence-electron chi connectivity index (χ3n) is 6.98. The molecule has 0 bridgehead atoms. The molecule has 1 atom stereocenters. The molecule has 5 rings (SSSR count). The number of halogens is 1. The predicted molar refractivity (Wildman–Crippen MR) is 169 cm³/mol. The highest BCUT2D eigenvalue weighted by Crippen LogP contribution is 2.24. The van der Waals surface area contributed by atoms with Crippen molar-refractivity contribution in [1.29, 1.82) is 0 Å². The number of anilines is 1. The van der Waals surface area contributed by atoms with Crippen molar-refractivity contribution in [2.45, 2.75) is 17.6 Å². The van der Waals surface area contributed by atoms with E-state index >= 15 is 0 Å². The molecular formula is C33H34ClN5OS. The smallest absolute Gasteiger partial charge is 0.230 e. The molecule has 3 aromatic carbocycles. The zero-order chi connectivity index (χ0) is 28.3. The Morgan fingerprint density at radius 3 is 2.27 bits per heavy atom. The van der Waals surface area contributed by atoms with Crippen molar-refractivity contribution < 1.29 is 4.79 Å². The Balaban J connectivity index is 1.14. The summed E-state index contributed by atoms with van der Waals surface area (Å²) < 4.78 is 0. The lowest BCUT2D eigenvalue weighted by Gasteiger charge is -2.35. The molecule has 1 aliphatic rings. The normalized spacial score (nSPS) is 14.7. The van der Waals surface area contributed by atoms with Crippen LogP contribution in [0.1, 0.15) is 22.7 Å². The number of hydrogen-bond donors (Lipinski definition) is 1. The van der Waals surface area contributed by atoms with Crippen LogP contribution in [0.3, 0.4) is 0 Å². The molecule has 41 heavy (non-hydrogen) atoms. The Hall–Kier alpha value is -3.65. The summed E-state index contributed by atoms with van der Waals surface area (Å²) in [7, 11) is 0. The second-order valence-electron chi connectivity index (χ2n) is 9.94. The monoisotopic (exact) mass is 583 g/mol. The van der Waals surface area contributed by atoms with Gasteiger partial charge in [0.05, 0.1) is 11.8 Å². The fourth-order valence-electron chi connectivity index (χ4n) is 4.83. The van der Waals surface area contributed by atoms with E-state index in [4.69, 9.17) is 16.6 Å². The van der Waals surface area contributed by atoms with Crippen molar-refractivity contribution in [2.24, 2.45) is 0 Å². The lowest BCUT2D eigenvalue weighted by Crippen LogP contribution is -2.46. The van der Waals surface area contributed by atoms with Gasteiger partial charge in [-0.15, -0.1) is 0 Å². The molecule has 0 aliphatic carbocycles. The lowest BCUT2D eigenvalue weighted by atomic mass is 9.99. The van der Waals surface area contributed by atoms with Crippen LogP contribution in [0.25, 0.3) is 6.08 Å². The highest BCUT2D eigenvalue weighted by Gasteiger charge is 2.20. The van der Waals surface area contributed by atoms with E-state index in [0.29, 0.717) is 16.7 Å². The number of nitrogens with one attached hydrogen (secondary N) is 1. The maximum absolute atomic E-state index is 13.0. The molecule has 0 spiro atoms. The van der Waals surface area contributed by atoms with E-state index in [9.17, 15) is 4.79 Å². The van der Waals surface area contributed by atoms with E-state index < -0.39 is 0 Å². The number of rotatable bonds is 11. The van der Waals surface area contributed by atoms with Gasteiger partial charge in [0.2, 0.25) is 5.91 Å². The second-order valence-corrected chi connectivity index (χ2v) is 11.3. The molecule has 8 heteroatoms. The summed E-state index contributed by atoms with van der Waals surface area (Å²) in [5.74, 6) is 0.945. The van der Waals surface area contributed by atoms with Crippen molar-refractivity contribution in [1.82, 2.24) is 20.2 Å². The summed E-state index contributed by atoms with van der Waals surface area (Å²) in [6, 6.07) is 32.3. The molecule has 1 saturated heterocycles. The average molecular weight is 584 g/mol. The number of carbonyl (C=O) groups excluding carboxylic acids is 1. The molecule has 0 saturated carbocycles.